The van der Waals surface area contributed by atoms with Gasteiger partial charge in [-0.25, -0.2) is 0 Å². The first-order valence-electron chi connectivity index (χ1n) is 6.28. The van der Waals surface area contributed by atoms with Gasteiger partial charge in [0.15, 0.2) is 5.78 Å². The van der Waals surface area contributed by atoms with Crippen molar-refractivity contribution in [1.82, 2.24) is 0 Å². The topological polar surface area (TPSA) is 54.4 Å². The molecule has 0 heterocycles. The van der Waals surface area contributed by atoms with Gasteiger partial charge in [0.25, 0.3) is 0 Å². The van der Waals surface area contributed by atoms with Crippen LogP contribution in [-0.2, 0) is 4.79 Å². The van der Waals surface area contributed by atoms with E-state index < -0.39 is 5.97 Å². The second kappa shape index (κ2) is 6.74. The van der Waals surface area contributed by atoms with Crippen molar-refractivity contribution < 1.29 is 14.7 Å². The van der Waals surface area contributed by atoms with Gasteiger partial charge in [-0.05, 0) is 23.3 Å². The Balaban J connectivity index is 2.38. The molecule has 0 saturated heterocycles. The zero-order valence-electron chi connectivity index (χ0n) is 11.0. The van der Waals surface area contributed by atoms with Crippen molar-refractivity contribution in [3.05, 3.63) is 58.1 Å². The summed E-state index contributed by atoms with van der Waals surface area (Å²) in [6.45, 7) is 0. The van der Waals surface area contributed by atoms with Gasteiger partial charge >= 0.3 is 5.97 Å². The number of carbonyl (C=O) groups is 2. The van der Waals surface area contributed by atoms with Gasteiger partial charge < -0.3 is 5.11 Å². The number of carboxylic acids is 1. The van der Waals surface area contributed by atoms with Crippen LogP contribution >= 0.6 is 23.2 Å². The molecule has 3 nitrogen and oxygen atoms in total. The van der Waals surface area contributed by atoms with E-state index in [0.29, 0.717) is 21.2 Å². The minimum atomic E-state index is -0.990. The molecule has 1 N–H and O–H groups in total. The van der Waals surface area contributed by atoms with Crippen LogP contribution in [0.3, 0.4) is 0 Å². The molecule has 0 aromatic heterocycles. The third-order valence-corrected chi connectivity index (χ3v) is 3.76. The second-order valence-corrected chi connectivity index (χ2v) is 5.31. The van der Waals surface area contributed by atoms with Crippen LogP contribution in [0.4, 0.5) is 0 Å². The van der Waals surface area contributed by atoms with E-state index in [0.717, 1.165) is 5.56 Å². The van der Waals surface area contributed by atoms with E-state index in [2.05, 4.69) is 0 Å². The molecule has 0 aliphatic carbocycles. The Morgan fingerprint density at radius 3 is 2.33 bits per heavy atom. The van der Waals surface area contributed by atoms with Crippen LogP contribution in [-0.4, -0.2) is 16.9 Å². The summed E-state index contributed by atoms with van der Waals surface area (Å²) in [7, 11) is 0. The minimum absolute atomic E-state index is 0.0341. The van der Waals surface area contributed by atoms with Crippen molar-refractivity contribution in [2.75, 3.05) is 0 Å². The van der Waals surface area contributed by atoms with Crippen molar-refractivity contribution in [3.63, 3.8) is 0 Å². The van der Waals surface area contributed by atoms with Gasteiger partial charge in [0, 0.05) is 12.0 Å². The first-order valence-corrected chi connectivity index (χ1v) is 7.04. The highest BCUT2D eigenvalue weighted by Crippen LogP contribution is 2.31. The predicted molar refractivity (Wildman–Crippen MR) is 83.1 cm³/mol. The Morgan fingerprint density at radius 2 is 1.67 bits per heavy atom. The standard InChI is InChI=1S/C16H12Cl2O3/c17-13-6-5-10(9-14(13)18)11-3-1-2-4-12(11)15(19)7-8-16(20)21/h1-6,9H,7-8H2,(H,20,21). The molecule has 0 aliphatic rings. The lowest BCUT2D eigenvalue weighted by atomic mass is 9.95. The van der Waals surface area contributed by atoms with Crippen molar-refractivity contribution in [2.45, 2.75) is 12.8 Å². The molecule has 5 heteroatoms. The lowest BCUT2D eigenvalue weighted by Crippen LogP contribution is -2.05. The summed E-state index contributed by atoms with van der Waals surface area (Å²) in [5, 5.41) is 9.52. The Hall–Kier alpha value is -1.84. The lowest BCUT2D eigenvalue weighted by molar-refractivity contribution is -0.136. The number of Topliss-reactive ketones (excluding diaryl/α,β-unsaturated/α-hetero) is 1. The molecule has 2 rings (SSSR count). The van der Waals surface area contributed by atoms with Crippen LogP contribution in [0, 0.1) is 0 Å². The van der Waals surface area contributed by atoms with E-state index in [4.69, 9.17) is 28.3 Å². The summed E-state index contributed by atoms with van der Waals surface area (Å²) in [5.74, 6) is -1.20. The first-order chi connectivity index (χ1) is 9.99. The normalized spacial score (nSPS) is 10.4. The average molecular weight is 323 g/mol. The Kier molecular flexibility index (Phi) is 4.99. The summed E-state index contributed by atoms with van der Waals surface area (Å²) in [4.78, 5) is 22.8. The molecule has 0 saturated carbocycles. The summed E-state index contributed by atoms with van der Waals surface area (Å²) < 4.78 is 0. The van der Waals surface area contributed by atoms with Gasteiger partial charge in [0.2, 0.25) is 0 Å². The molecule has 0 atom stereocenters. The van der Waals surface area contributed by atoms with Crippen LogP contribution in [0.1, 0.15) is 23.2 Å². The number of benzene rings is 2. The highest BCUT2D eigenvalue weighted by molar-refractivity contribution is 6.42. The van der Waals surface area contributed by atoms with Crippen molar-refractivity contribution in [1.29, 1.82) is 0 Å². The van der Waals surface area contributed by atoms with E-state index >= 15 is 0 Å². The molecule has 0 unspecified atom stereocenters. The maximum Gasteiger partial charge on any atom is 0.303 e. The Labute approximate surface area is 132 Å². The monoisotopic (exact) mass is 322 g/mol. The van der Waals surface area contributed by atoms with Crippen molar-refractivity contribution in [3.8, 4) is 11.1 Å². The first kappa shape index (κ1) is 15.5. The largest absolute Gasteiger partial charge is 0.481 e. The van der Waals surface area contributed by atoms with Gasteiger partial charge in [-0.2, -0.15) is 0 Å². The molecule has 0 aliphatic heterocycles. The van der Waals surface area contributed by atoms with Gasteiger partial charge in [0.1, 0.15) is 0 Å². The smallest absolute Gasteiger partial charge is 0.303 e. The summed E-state index contributed by atoms with van der Waals surface area (Å²) in [6, 6.07) is 12.2. The fourth-order valence-electron chi connectivity index (χ4n) is 2.00. The van der Waals surface area contributed by atoms with Crippen LogP contribution < -0.4 is 0 Å². The van der Waals surface area contributed by atoms with E-state index in [1.165, 1.54) is 0 Å². The highest BCUT2D eigenvalue weighted by Gasteiger charge is 2.14. The number of halogens is 2. The molecule has 108 valence electrons. The molecule has 0 spiro atoms. The molecule has 0 radical (unpaired) electrons. The number of ketones is 1. The Morgan fingerprint density at radius 1 is 0.952 bits per heavy atom. The average Bonchev–Trinajstić information content (AvgIpc) is 2.47. The minimum Gasteiger partial charge on any atom is -0.481 e. The third-order valence-electron chi connectivity index (χ3n) is 3.02. The molecule has 2 aromatic carbocycles. The number of hydrogen-bond donors (Lipinski definition) is 1. The third kappa shape index (κ3) is 3.84. The highest BCUT2D eigenvalue weighted by atomic mass is 35.5. The van der Waals surface area contributed by atoms with E-state index in [9.17, 15) is 9.59 Å². The molecular weight excluding hydrogens is 311 g/mol. The summed E-state index contributed by atoms with van der Waals surface area (Å²) in [6.07, 6.45) is -0.220. The van der Waals surface area contributed by atoms with Crippen molar-refractivity contribution >= 4 is 35.0 Å². The van der Waals surface area contributed by atoms with Crippen LogP contribution in [0.5, 0.6) is 0 Å². The molecule has 2 aromatic rings. The number of hydrogen-bond acceptors (Lipinski definition) is 2. The second-order valence-electron chi connectivity index (χ2n) is 4.49. The van der Waals surface area contributed by atoms with Gasteiger partial charge in [-0.1, -0.05) is 53.5 Å². The van der Waals surface area contributed by atoms with Crippen LogP contribution in [0.15, 0.2) is 42.5 Å². The molecule has 0 amide bonds. The van der Waals surface area contributed by atoms with Gasteiger partial charge in [-0.3, -0.25) is 9.59 Å². The predicted octanol–water partition coefficient (Wildman–Crippen LogP) is 4.71. The maximum atomic E-state index is 12.2. The number of carbonyl (C=O) groups excluding carboxylic acids is 1. The van der Waals surface area contributed by atoms with Crippen molar-refractivity contribution in [2.24, 2.45) is 0 Å². The zero-order valence-corrected chi connectivity index (χ0v) is 12.5. The molecular formula is C16H12Cl2O3. The SMILES string of the molecule is O=C(O)CCC(=O)c1ccccc1-c1ccc(Cl)c(Cl)c1. The Bertz CT molecular complexity index is 696. The lowest BCUT2D eigenvalue weighted by Gasteiger charge is -2.09. The summed E-state index contributed by atoms with van der Waals surface area (Å²) in [5.41, 5.74) is 1.97. The summed E-state index contributed by atoms with van der Waals surface area (Å²) >= 11 is 11.9. The van der Waals surface area contributed by atoms with E-state index in [1.807, 2.05) is 6.07 Å². The zero-order chi connectivity index (χ0) is 15.4. The van der Waals surface area contributed by atoms with Crippen LogP contribution in [0.2, 0.25) is 10.0 Å². The fourth-order valence-corrected chi connectivity index (χ4v) is 2.29. The molecule has 0 bridgehead atoms. The molecule has 21 heavy (non-hydrogen) atoms. The number of rotatable bonds is 5. The fraction of sp³-hybridized carbons (Fsp3) is 0.125. The van der Waals surface area contributed by atoms with Crippen LogP contribution in [0.25, 0.3) is 11.1 Å². The molecule has 0 fully saturated rings. The van der Waals surface area contributed by atoms with Gasteiger partial charge in [-0.15, -0.1) is 0 Å². The number of aliphatic carboxylic acids is 1. The van der Waals surface area contributed by atoms with Gasteiger partial charge in [0.05, 0.1) is 16.5 Å². The maximum absolute atomic E-state index is 12.2. The van der Waals surface area contributed by atoms with E-state index in [-0.39, 0.29) is 18.6 Å². The quantitative estimate of drug-likeness (QED) is 0.811. The number of carboxylic acid groups (broad SMARTS) is 1. The van der Waals surface area contributed by atoms with E-state index in [1.54, 1.807) is 36.4 Å².